The average Bonchev–Trinajstić information content (AvgIpc) is 2.64. The predicted octanol–water partition coefficient (Wildman–Crippen LogP) is 6.23. The molecule has 2 rings (SSSR count). The first-order valence-corrected chi connectivity index (χ1v) is 15.7. The van der Waals surface area contributed by atoms with Crippen LogP contribution >= 0.6 is 0 Å². The summed E-state index contributed by atoms with van der Waals surface area (Å²) in [5, 5.41) is 0. The van der Waals surface area contributed by atoms with E-state index in [-0.39, 0.29) is 17.9 Å². The molecule has 168 valence electrons. The SMILES string of the molecule is C=C(CN(C(=O)Cc1ccccc1S(=O)c1ccc(C)cc1)C(C)(C)C)C[Si](C)(C)C. The highest BCUT2D eigenvalue weighted by Gasteiger charge is 2.28. The molecule has 0 fully saturated rings. The summed E-state index contributed by atoms with van der Waals surface area (Å²) >= 11 is 0. The van der Waals surface area contributed by atoms with E-state index < -0.39 is 18.9 Å². The third-order valence-electron chi connectivity index (χ3n) is 5.02. The van der Waals surface area contributed by atoms with Gasteiger partial charge in [-0.25, -0.2) is 4.21 Å². The maximum atomic E-state index is 13.4. The molecule has 0 aliphatic heterocycles. The molecule has 0 bridgehead atoms. The standard InChI is InChI=1S/C26H37NO2SSi/c1-20-13-15-23(16-14-20)30(29)24-12-10-9-11-22(24)17-25(28)27(26(3,4)5)18-21(2)19-31(6,7)8/h9-16H,2,17-19H2,1,3-8H3. The highest BCUT2D eigenvalue weighted by atomic mass is 32.2. The van der Waals surface area contributed by atoms with E-state index in [0.29, 0.717) is 11.4 Å². The predicted molar refractivity (Wildman–Crippen MR) is 135 cm³/mol. The van der Waals surface area contributed by atoms with Crippen LogP contribution in [0.1, 0.15) is 31.9 Å². The quantitative estimate of drug-likeness (QED) is 0.350. The van der Waals surface area contributed by atoms with Crippen LogP contribution in [0.5, 0.6) is 0 Å². The fraction of sp³-hybridized carbons (Fsp3) is 0.423. The Morgan fingerprint density at radius 1 is 1.03 bits per heavy atom. The normalized spacial score (nSPS) is 13.0. The zero-order valence-corrected chi connectivity index (χ0v) is 21.9. The van der Waals surface area contributed by atoms with Crippen molar-refractivity contribution in [2.24, 2.45) is 0 Å². The van der Waals surface area contributed by atoms with E-state index in [1.807, 2.05) is 60.4 Å². The van der Waals surface area contributed by atoms with Crippen LogP contribution in [-0.2, 0) is 22.0 Å². The smallest absolute Gasteiger partial charge is 0.227 e. The van der Waals surface area contributed by atoms with Crippen molar-refractivity contribution in [2.45, 2.75) is 75.1 Å². The Balaban J connectivity index is 2.27. The van der Waals surface area contributed by atoms with Gasteiger partial charge in [0.05, 0.1) is 17.2 Å². The Morgan fingerprint density at radius 2 is 1.61 bits per heavy atom. The molecule has 2 aromatic carbocycles. The van der Waals surface area contributed by atoms with Crippen molar-refractivity contribution in [2.75, 3.05) is 6.54 Å². The molecule has 0 aliphatic carbocycles. The van der Waals surface area contributed by atoms with Crippen LogP contribution in [0.2, 0.25) is 25.7 Å². The lowest BCUT2D eigenvalue weighted by Gasteiger charge is -2.37. The lowest BCUT2D eigenvalue weighted by Crippen LogP contribution is -2.47. The van der Waals surface area contributed by atoms with Crippen molar-refractivity contribution in [3.05, 3.63) is 71.8 Å². The minimum Gasteiger partial charge on any atom is -0.334 e. The molecule has 31 heavy (non-hydrogen) atoms. The maximum Gasteiger partial charge on any atom is 0.227 e. The van der Waals surface area contributed by atoms with Crippen LogP contribution in [0.4, 0.5) is 0 Å². The Bertz CT molecular complexity index is 953. The Labute approximate surface area is 192 Å². The second-order valence-electron chi connectivity index (χ2n) is 10.5. The molecule has 1 unspecified atom stereocenters. The van der Waals surface area contributed by atoms with Crippen molar-refractivity contribution in [1.29, 1.82) is 0 Å². The van der Waals surface area contributed by atoms with Crippen LogP contribution in [0.3, 0.4) is 0 Å². The summed E-state index contributed by atoms with van der Waals surface area (Å²) < 4.78 is 13.2. The molecule has 1 amide bonds. The summed E-state index contributed by atoms with van der Waals surface area (Å²) in [5.41, 5.74) is 2.74. The van der Waals surface area contributed by atoms with E-state index >= 15 is 0 Å². The zero-order chi connectivity index (χ0) is 23.4. The van der Waals surface area contributed by atoms with E-state index in [4.69, 9.17) is 0 Å². The minimum absolute atomic E-state index is 0.0394. The number of rotatable bonds is 8. The highest BCUT2D eigenvalue weighted by molar-refractivity contribution is 7.85. The molecule has 0 radical (unpaired) electrons. The van der Waals surface area contributed by atoms with Gasteiger partial charge >= 0.3 is 0 Å². The van der Waals surface area contributed by atoms with Crippen LogP contribution in [0.15, 0.2) is 70.5 Å². The number of hydrogen-bond donors (Lipinski definition) is 0. The van der Waals surface area contributed by atoms with Gasteiger partial charge in [0, 0.05) is 29.9 Å². The van der Waals surface area contributed by atoms with Crippen molar-refractivity contribution >= 4 is 24.8 Å². The van der Waals surface area contributed by atoms with E-state index in [2.05, 4.69) is 47.0 Å². The fourth-order valence-corrected chi connectivity index (χ4v) is 6.44. The van der Waals surface area contributed by atoms with Gasteiger partial charge in [0.15, 0.2) is 0 Å². The molecule has 0 spiro atoms. The molecule has 2 aromatic rings. The monoisotopic (exact) mass is 455 g/mol. The average molecular weight is 456 g/mol. The number of benzene rings is 2. The molecule has 3 nitrogen and oxygen atoms in total. The lowest BCUT2D eigenvalue weighted by atomic mass is 10.0. The van der Waals surface area contributed by atoms with Gasteiger partial charge in [0.2, 0.25) is 5.91 Å². The third kappa shape index (κ3) is 7.58. The summed E-state index contributed by atoms with van der Waals surface area (Å²) in [4.78, 5) is 16.8. The van der Waals surface area contributed by atoms with Crippen molar-refractivity contribution < 1.29 is 9.00 Å². The summed E-state index contributed by atoms with van der Waals surface area (Å²) in [6.45, 7) is 20.0. The Kier molecular flexibility index (Phi) is 8.23. The second kappa shape index (κ2) is 10.1. The fourth-order valence-electron chi connectivity index (χ4n) is 3.61. The second-order valence-corrected chi connectivity index (χ2v) is 17.4. The molecular weight excluding hydrogens is 418 g/mol. The summed E-state index contributed by atoms with van der Waals surface area (Å²) in [6, 6.07) is 16.3. The van der Waals surface area contributed by atoms with E-state index in [1.54, 1.807) is 0 Å². The summed E-state index contributed by atoms with van der Waals surface area (Å²) in [7, 11) is -2.62. The summed E-state index contributed by atoms with van der Waals surface area (Å²) in [5.74, 6) is 0.0394. The van der Waals surface area contributed by atoms with Gasteiger partial charge in [-0.05, 0) is 57.5 Å². The number of nitrogens with zero attached hydrogens (tertiary/aromatic N) is 1. The van der Waals surface area contributed by atoms with Gasteiger partial charge < -0.3 is 4.90 Å². The van der Waals surface area contributed by atoms with E-state index in [9.17, 15) is 9.00 Å². The van der Waals surface area contributed by atoms with Gasteiger partial charge in [-0.2, -0.15) is 0 Å². The molecule has 0 heterocycles. The van der Waals surface area contributed by atoms with Crippen LogP contribution in [0.25, 0.3) is 0 Å². The maximum absolute atomic E-state index is 13.4. The number of amides is 1. The Hall–Kier alpha value is -1.98. The number of aryl methyl sites for hydroxylation is 1. The van der Waals surface area contributed by atoms with Crippen molar-refractivity contribution in [3.63, 3.8) is 0 Å². The highest BCUT2D eigenvalue weighted by Crippen LogP contribution is 2.25. The first-order chi connectivity index (χ1) is 14.3. The molecule has 0 aliphatic rings. The largest absolute Gasteiger partial charge is 0.334 e. The number of hydrogen-bond acceptors (Lipinski definition) is 2. The third-order valence-corrected chi connectivity index (χ3v) is 8.08. The van der Waals surface area contributed by atoms with Crippen LogP contribution < -0.4 is 0 Å². The molecule has 0 saturated heterocycles. The molecule has 0 aromatic heterocycles. The van der Waals surface area contributed by atoms with Gasteiger partial charge in [0.25, 0.3) is 0 Å². The van der Waals surface area contributed by atoms with Gasteiger partial charge in [-0.15, -0.1) is 0 Å². The first-order valence-electron chi connectivity index (χ1n) is 10.8. The lowest BCUT2D eigenvalue weighted by molar-refractivity contribution is -0.134. The topological polar surface area (TPSA) is 37.4 Å². The van der Waals surface area contributed by atoms with Crippen molar-refractivity contribution in [1.82, 2.24) is 4.90 Å². The zero-order valence-electron chi connectivity index (χ0n) is 20.1. The number of carbonyl (C=O) groups is 1. The molecule has 0 saturated carbocycles. The van der Waals surface area contributed by atoms with E-state index in [1.165, 1.54) is 0 Å². The first kappa shape index (κ1) is 25.3. The Morgan fingerprint density at radius 3 is 2.16 bits per heavy atom. The molecular formula is C26H37NO2SSi. The molecule has 1 atom stereocenters. The van der Waals surface area contributed by atoms with Crippen LogP contribution in [-0.4, -0.2) is 35.2 Å². The van der Waals surface area contributed by atoms with Gasteiger partial charge in [0.1, 0.15) is 0 Å². The number of carbonyl (C=O) groups excluding carboxylic acids is 1. The van der Waals surface area contributed by atoms with Crippen LogP contribution in [0, 0.1) is 6.92 Å². The minimum atomic E-state index is -1.32. The molecule has 0 N–H and O–H groups in total. The summed E-state index contributed by atoms with van der Waals surface area (Å²) in [6.07, 6.45) is 0.227. The van der Waals surface area contributed by atoms with Gasteiger partial charge in [-0.1, -0.05) is 67.7 Å². The molecule has 5 heteroatoms. The van der Waals surface area contributed by atoms with E-state index in [0.717, 1.165) is 27.6 Å². The van der Waals surface area contributed by atoms with Crippen molar-refractivity contribution in [3.8, 4) is 0 Å². The van der Waals surface area contributed by atoms with Gasteiger partial charge in [-0.3, -0.25) is 4.79 Å².